The van der Waals surface area contributed by atoms with Crippen molar-refractivity contribution in [2.75, 3.05) is 26.9 Å². The third kappa shape index (κ3) is 3.77. The summed E-state index contributed by atoms with van der Waals surface area (Å²) >= 11 is 0. The Balaban J connectivity index is 1.99. The number of ether oxygens (including phenoxy) is 2. The van der Waals surface area contributed by atoms with Gasteiger partial charge in [0.15, 0.2) is 0 Å². The molecule has 0 heterocycles. The highest BCUT2D eigenvalue weighted by Gasteiger charge is 2.09. The van der Waals surface area contributed by atoms with Crippen molar-refractivity contribution in [2.45, 2.75) is 12.5 Å². The molecule has 1 atom stereocenters. The fraction of sp³-hybridized carbons (Fsp3) is 0.375. The zero-order valence-corrected chi connectivity index (χ0v) is 11.3. The number of hydrogen-bond donors (Lipinski definition) is 1. The lowest BCUT2D eigenvalue weighted by atomic mass is 10.00. The minimum atomic E-state index is -0.0892. The predicted octanol–water partition coefficient (Wildman–Crippen LogP) is 2.89. The van der Waals surface area contributed by atoms with E-state index in [0.29, 0.717) is 13.2 Å². The van der Waals surface area contributed by atoms with Gasteiger partial charge < -0.3 is 15.2 Å². The molecular weight excluding hydrogens is 238 g/mol. The Morgan fingerprint density at radius 3 is 2.68 bits per heavy atom. The summed E-state index contributed by atoms with van der Waals surface area (Å²) in [7, 11) is 1.70. The van der Waals surface area contributed by atoms with Crippen molar-refractivity contribution in [2.24, 2.45) is 5.73 Å². The molecule has 0 radical (unpaired) electrons. The van der Waals surface area contributed by atoms with E-state index in [4.69, 9.17) is 15.2 Å². The summed E-state index contributed by atoms with van der Waals surface area (Å²) in [5.74, 6) is 0. The van der Waals surface area contributed by atoms with E-state index in [9.17, 15) is 0 Å². The van der Waals surface area contributed by atoms with Gasteiger partial charge in [-0.3, -0.25) is 0 Å². The fourth-order valence-corrected chi connectivity index (χ4v) is 2.18. The highest BCUT2D eigenvalue weighted by atomic mass is 16.5. The maximum absolute atomic E-state index is 6.22. The van der Waals surface area contributed by atoms with Crippen LogP contribution in [-0.4, -0.2) is 26.9 Å². The summed E-state index contributed by atoms with van der Waals surface area (Å²) < 4.78 is 10.6. The Kier molecular flexibility index (Phi) is 5.33. The lowest BCUT2D eigenvalue weighted by Gasteiger charge is -2.15. The topological polar surface area (TPSA) is 44.5 Å². The molecule has 19 heavy (non-hydrogen) atoms. The molecular formula is C16H21NO2. The van der Waals surface area contributed by atoms with Gasteiger partial charge in [-0.1, -0.05) is 42.5 Å². The van der Waals surface area contributed by atoms with Crippen LogP contribution in [-0.2, 0) is 9.47 Å². The third-order valence-electron chi connectivity index (χ3n) is 3.16. The minimum absolute atomic E-state index is 0.0892. The molecule has 3 nitrogen and oxygen atoms in total. The van der Waals surface area contributed by atoms with Crippen molar-refractivity contribution in [1.82, 2.24) is 0 Å². The zero-order chi connectivity index (χ0) is 13.5. The predicted molar refractivity (Wildman–Crippen MR) is 78.2 cm³/mol. The van der Waals surface area contributed by atoms with E-state index >= 15 is 0 Å². The van der Waals surface area contributed by atoms with E-state index in [1.807, 2.05) is 18.2 Å². The smallest absolute Gasteiger partial charge is 0.0659 e. The maximum Gasteiger partial charge on any atom is 0.0659 e. The molecule has 0 saturated heterocycles. The van der Waals surface area contributed by atoms with Crippen LogP contribution in [0.15, 0.2) is 42.5 Å². The average Bonchev–Trinajstić information content (AvgIpc) is 2.46. The molecule has 102 valence electrons. The quantitative estimate of drug-likeness (QED) is 0.778. The standard InChI is InChI=1S/C16H21NO2/c1-18-10-5-11-19-12-16(17)15-9-4-7-13-6-2-3-8-14(13)15/h2-4,6-9,16H,5,10-12,17H2,1H3. The van der Waals surface area contributed by atoms with Crippen LogP contribution < -0.4 is 5.73 Å². The van der Waals surface area contributed by atoms with E-state index in [-0.39, 0.29) is 6.04 Å². The molecule has 0 spiro atoms. The first-order valence-corrected chi connectivity index (χ1v) is 6.63. The Hall–Kier alpha value is -1.42. The summed E-state index contributed by atoms with van der Waals surface area (Å²) in [4.78, 5) is 0. The van der Waals surface area contributed by atoms with Gasteiger partial charge in [-0.05, 0) is 22.8 Å². The first-order valence-electron chi connectivity index (χ1n) is 6.63. The summed E-state index contributed by atoms with van der Waals surface area (Å²) in [6.45, 7) is 1.95. The maximum atomic E-state index is 6.22. The van der Waals surface area contributed by atoms with Crippen molar-refractivity contribution in [3.05, 3.63) is 48.0 Å². The van der Waals surface area contributed by atoms with Gasteiger partial charge in [0.05, 0.1) is 12.6 Å². The molecule has 1 unspecified atom stereocenters. The van der Waals surface area contributed by atoms with E-state index in [2.05, 4.69) is 24.3 Å². The van der Waals surface area contributed by atoms with E-state index in [1.54, 1.807) is 7.11 Å². The van der Waals surface area contributed by atoms with Crippen LogP contribution in [0, 0.1) is 0 Å². The van der Waals surface area contributed by atoms with Crippen molar-refractivity contribution < 1.29 is 9.47 Å². The second-order valence-corrected chi connectivity index (χ2v) is 4.60. The number of methoxy groups -OCH3 is 1. The molecule has 2 aromatic carbocycles. The number of rotatable bonds is 7. The molecule has 0 amide bonds. The second kappa shape index (κ2) is 7.24. The van der Waals surface area contributed by atoms with Crippen LogP contribution >= 0.6 is 0 Å². The fourth-order valence-electron chi connectivity index (χ4n) is 2.18. The molecule has 0 aliphatic rings. The highest BCUT2D eigenvalue weighted by Crippen LogP contribution is 2.23. The van der Waals surface area contributed by atoms with E-state index in [1.165, 1.54) is 10.8 Å². The van der Waals surface area contributed by atoms with Crippen LogP contribution in [0.4, 0.5) is 0 Å². The number of benzene rings is 2. The Labute approximate surface area is 114 Å². The van der Waals surface area contributed by atoms with Gasteiger partial charge in [-0.15, -0.1) is 0 Å². The van der Waals surface area contributed by atoms with Gasteiger partial charge in [-0.25, -0.2) is 0 Å². The Morgan fingerprint density at radius 1 is 1.05 bits per heavy atom. The number of nitrogens with two attached hydrogens (primary N) is 1. The average molecular weight is 259 g/mol. The molecule has 2 N–H and O–H groups in total. The van der Waals surface area contributed by atoms with Crippen molar-refractivity contribution >= 4 is 10.8 Å². The van der Waals surface area contributed by atoms with Gasteiger partial charge >= 0.3 is 0 Å². The summed E-state index contributed by atoms with van der Waals surface area (Å²) in [6, 6.07) is 14.4. The largest absolute Gasteiger partial charge is 0.385 e. The monoisotopic (exact) mass is 259 g/mol. The molecule has 0 aliphatic carbocycles. The molecule has 0 bridgehead atoms. The van der Waals surface area contributed by atoms with Gasteiger partial charge in [0.2, 0.25) is 0 Å². The van der Waals surface area contributed by atoms with Crippen molar-refractivity contribution in [1.29, 1.82) is 0 Å². The summed E-state index contributed by atoms with van der Waals surface area (Å²) in [5, 5.41) is 2.42. The number of hydrogen-bond acceptors (Lipinski definition) is 3. The summed E-state index contributed by atoms with van der Waals surface area (Å²) in [6.07, 6.45) is 0.902. The van der Waals surface area contributed by atoms with Gasteiger partial charge in [0, 0.05) is 20.3 Å². The molecule has 2 aromatic rings. The lowest BCUT2D eigenvalue weighted by molar-refractivity contribution is 0.0942. The van der Waals surface area contributed by atoms with Crippen LogP contribution in [0.2, 0.25) is 0 Å². The van der Waals surface area contributed by atoms with Crippen molar-refractivity contribution in [3.8, 4) is 0 Å². The molecule has 0 aliphatic heterocycles. The van der Waals surface area contributed by atoms with Gasteiger partial charge in [-0.2, -0.15) is 0 Å². The zero-order valence-electron chi connectivity index (χ0n) is 11.3. The van der Waals surface area contributed by atoms with Crippen LogP contribution in [0.1, 0.15) is 18.0 Å². The molecule has 0 saturated carbocycles. The molecule has 0 aromatic heterocycles. The minimum Gasteiger partial charge on any atom is -0.385 e. The third-order valence-corrected chi connectivity index (χ3v) is 3.16. The van der Waals surface area contributed by atoms with Crippen LogP contribution in [0.5, 0.6) is 0 Å². The highest BCUT2D eigenvalue weighted by molar-refractivity contribution is 5.86. The van der Waals surface area contributed by atoms with Crippen molar-refractivity contribution in [3.63, 3.8) is 0 Å². The second-order valence-electron chi connectivity index (χ2n) is 4.60. The lowest BCUT2D eigenvalue weighted by Crippen LogP contribution is -2.18. The van der Waals surface area contributed by atoms with Crippen LogP contribution in [0.3, 0.4) is 0 Å². The first-order chi connectivity index (χ1) is 9.33. The molecule has 0 fully saturated rings. The van der Waals surface area contributed by atoms with E-state index < -0.39 is 0 Å². The first kappa shape index (κ1) is 14.0. The normalized spacial score (nSPS) is 12.7. The van der Waals surface area contributed by atoms with Gasteiger partial charge in [0.1, 0.15) is 0 Å². The SMILES string of the molecule is COCCCOCC(N)c1cccc2ccccc12. The molecule has 3 heteroatoms. The Morgan fingerprint density at radius 2 is 1.84 bits per heavy atom. The molecule has 2 rings (SSSR count). The van der Waals surface area contributed by atoms with Gasteiger partial charge in [0.25, 0.3) is 0 Å². The summed E-state index contributed by atoms with van der Waals surface area (Å²) in [5.41, 5.74) is 7.36. The Bertz CT molecular complexity index is 508. The van der Waals surface area contributed by atoms with Crippen LogP contribution in [0.25, 0.3) is 10.8 Å². The van der Waals surface area contributed by atoms with E-state index in [0.717, 1.165) is 18.6 Å². The number of fused-ring (bicyclic) bond motifs is 1.